The highest BCUT2D eigenvalue weighted by atomic mass is 14.4. The van der Waals surface area contributed by atoms with Gasteiger partial charge in [-0.05, 0) is 63.9 Å². The Hall–Kier alpha value is -2.34. The molecule has 0 N–H and O–H groups in total. The lowest BCUT2D eigenvalue weighted by Gasteiger charge is -2.23. The minimum atomic E-state index is 0.0650. The Kier molecular flexibility index (Phi) is 3.38. The van der Waals surface area contributed by atoms with Gasteiger partial charge >= 0.3 is 0 Å². The summed E-state index contributed by atoms with van der Waals surface area (Å²) < 4.78 is 0. The normalized spacial score (nSPS) is 14.3. The fraction of sp³-hybridized carbons (Fsp3) is 0.250. The van der Waals surface area contributed by atoms with Gasteiger partial charge in [0.1, 0.15) is 0 Å². The Labute approximate surface area is 145 Å². The second-order valence-electron chi connectivity index (χ2n) is 7.39. The van der Waals surface area contributed by atoms with Crippen molar-refractivity contribution >= 4 is 0 Å². The third kappa shape index (κ3) is 2.06. The molecule has 0 aliphatic heterocycles. The van der Waals surface area contributed by atoms with Gasteiger partial charge in [-0.3, -0.25) is 0 Å². The molecule has 0 amide bonds. The number of hydrogen-bond acceptors (Lipinski definition) is 0. The Bertz CT molecular complexity index is 929. The van der Waals surface area contributed by atoms with Crippen LogP contribution in [-0.4, -0.2) is 0 Å². The Balaban J connectivity index is 1.99. The van der Waals surface area contributed by atoms with Crippen LogP contribution in [0.1, 0.15) is 43.0 Å². The highest BCUT2D eigenvalue weighted by Crippen LogP contribution is 2.50. The van der Waals surface area contributed by atoms with E-state index in [9.17, 15) is 0 Å². The quantitative estimate of drug-likeness (QED) is 0.504. The molecule has 0 aromatic heterocycles. The van der Waals surface area contributed by atoms with Crippen LogP contribution in [-0.2, 0) is 11.8 Å². The maximum absolute atomic E-state index is 2.44. The molecule has 0 unspecified atom stereocenters. The molecule has 0 radical (unpaired) electrons. The van der Waals surface area contributed by atoms with Crippen LogP contribution in [0.25, 0.3) is 22.3 Å². The molecule has 0 saturated heterocycles. The van der Waals surface area contributed by atoms with E-state index < -0.39 is 0 Å². The molecular formula is C24H24. The average molecular weight is 312 g/mol. The summed E-state index contributed by atoms with van der Waals surface area (Å²) in [7, 11) is 0. The van der Waals surface area contributed by atoms with Crippen molar-refractivity contribution in [2.24, 2.45) is 0 Å². The smallest absolute Gasteiger partial charge is 0.0159 e. The molecular weight excluding hydrogens is 288 g/mol. The first-order valence-corrected chi connectivity index (χ1v) is 8.87. The lowest BCUT2D eigenvalue weighted by atomic mass is 9.80. The predicted molar refractivity (Wildman–Crippen MR) is 104 cm³/mol. The summed E-state index contributed by atoms with van der Waals surface area (Å²) >= 11 is 0. The first kappa shape index (κ1) is 15.2. The molecule has 24 heavy (non-hydrogen) atoms. The second-order valence-corrected chi connectivity index (χ2v) is 7.39. The molecule has 3 aromatic rings. The van der Waals surface area contributed by atoms with E-state index >= 15 is 0 Å². The van der Waals surface area contributed by atoms with E-state index in [1.54, 1.807) is 0 Å². The molecule has 1 aliphatic rings. The van der Waals surface area contributed by atoms with Crippen LogP contribution in [0.4, 0.5) is 0 Å². The van der Waals surface area contributed by atoms with Crippen molar-refractivity contribution in [2.75, 3.05) is 0 Å². The zero-order valence-corrected chi connectivity index (χ0v) is 15.0. The highest BCUT2D eigenvalue weighted by molar-refractivity contribution is 5.85. The second kappa shape index (κ2) is 5.34. The van der Waals surface area contributed by atoms with Crippen molar-refractivity contribution in [3.8, 4) is 22.3 Å². The standard InChI is InChI=1S/C24H24/c1-5-17-10-6-7-11-18(17)20-15-23-21(14-16(20)2)19-12-8-9-13-22(19)24(23,3)4/h6-15H,5H2,1-4H3. The van der Waals surface area contributed by atoms with E-state index in [4.69, 9.17) is 0 Å². The van der Waals surface area contributed by atoms with Crippen molar-refractivity contribution in [2.45, 2.75) is 39.5 Å². The Morgan fingerprint density at radius 3 is 2.12 bits per heavy atom. The van der Waals surface area contributed by atoms with Gasteiger partial charge in [-0.1, -0.05) is 75.4 Å². The Morgan fingerprint density at radius 2 is 1.38 bits per heavy atom. The number of rotatable bonds is 2. The lowest BCUT2D eigenvalue weighted by Crippen LogP contribution is -2.15. The summed E-state index contributed by atoms with van der Waals surface area (Å²) in [6.45, 7) is 9.18. The van der Waals surface area contributed by atoms with Gasteiger partial charge in [0, 0.05) is 5.41 Å². The summed E-state index contributed by atoms with van der Waals surface area (Å²) in [6, 6.07) is 22.5. The third-order valence-electron chi connectivity index (χ3n) is 5.62. The van der Waals surface area contributed by atoms with Crippen LogP contribution < -0.4 is 0 Å². The van der Waals surface area contributed by atoms with Crippen LogP contribution in [0.3, 0.4) is 0 Å². The summed E-state index contributed by atoms with van der Waals surface area (Å²) in [4.78, 5) is 0. The SMILES string of the molecule is CCc1ccccc1-c1cc2c(cc1C)-c1ccccc1C2(C)C. The summed E-state index contributed by atoms with van der Waals surface area (Å²) in [5.41, 5.74) is 11.3. The number of fused-ring (bicyclic) bond motifs is 3. The van der Waals surface area contributed by atoms with Gasteiger partial charge in [0.05, 0.1) is 0 Å². The minimum Gasteiger partial charge on any atom is -0.0620 e. The van der Waals surface area contributed by atoms with Crippen molar-refractivity contribution in [3.63, 3.8) is 0 Å². The number of benzene rings is 3. The zero-order valence-electron chi connectivity index (χ0n) is 15.0. The molecule has 1 aliphatic carbocycles. The van der Waals surface area contributed by atoms with Gasteiger partial charge in [0.2, 0.25) is 0 Å². The fourth-order valence-electron chi connectivity index (χ4n) is 4.24. The third-order valence-corrected chi connectivity index (χ3v) is 5.62. The highest BCUT2D eigenvalue weighted by Gasteiger charge is 2.35. The number of hydrogen-bond donors (Lipinski definition) is 0. The molecule has 0 fully saturated rings. The first-order chi connectivity index (χ1) is 11.5. The van der Waals surface area contributed by atoms with Crippen LogP contribution in [0.2, 0.25) is 0 Å². The van der Waals surface area contributed by atoms with Crippen molar-refractivity contribution < 1.29 is 0 Å². The fourth-order valence-corrected chi connectivity index (χ4v) is 4.24. The Morgan fingerprint density at radius 1 is 0.708 bits per heavy atom. The molecule has 0 nitrogen and oxygen atoms in total. The van der Waals surface area contributed by atoms with Gasteiger partial charge in [-0.2, -0.15) is 0 Å². The van der Waals surface area contributed by atoms with Crippen LogP contribution in [0, 0.1) is 6.92 Å². The van der Waals surface area contributed by atoms with E-state index in [0.717, 1.165) is 6.42 Å². The molecule has 0 heterocycles. The molecule has 0 atom stereocenters. The lowest BCUT2D eigenvalue weighted by molar-refractivity contribution is 0.660. The van der Waals surface area contributed by atoms with Gasteiger partial charge in [-0.15, -0.1) is 0 Å². The summed E-state index contributed by atoms with van der Waals surface area (Å²) in [6.07, 6.45) is 1.07. The number of aryl methyl sites for hydroxylation is 2. The molecule has 0 spiro atoms. The van der Waals surface area contributed by atoms with Gasteiger partial charge in [0.15, 0.2) is 0 Å². The van der Waals surface area contributed by atoms with E-state index in [-0.39, 0.29) is 5.41 Å². The van der Waals surface area contributed by atoms with E-state index in [1.165, 1.54) is 44.5 Å². The maximum Gasteiger partial charge on any atom is 0.0159 e. The van der Waals surface area contributed by atoms with Gasteiger partial charge in [0.25, 0.3) is 0 Å². The van der Waals surface area contributed by atoms with Crippen LogP contribution in [0.15, 0.2) is 60.7 Å². The van der Waals surface area contributed by atoms with Crippen molar-refractivity contribution in [1.29, 1.82) is 0 Å². The molecule has 0 bridgehead atoms. The summed E-state index contributed by atoms with van der Waals surface area (Å²) in [5.74, 6) is 0. The van der Waals surface area contributed by atoms with Gasteiger partial charge in [-0.25, -0.2) is 0 Å². The minimum absolute atomic E-state index is 0.0650. The van der Waals surface area contributed by atoms with Crippen LogP contribution in [0.5, 0.6) is 0 Å². The molecule has 3 aromatic carbocycles. The first-order valence-electron chi connectivity index (χ1n) is 8.87. The van der Waals surface area contributed by atoms with E-state index in [2.05, 4.69) is 88.4 Å². The molecule has 0 heteroatoms. The average Bonchev–Trinajstić information content (AvgIpc) is 2.82. The van der Waals surface area contributed by atoms with Crippen LogP contribution >= 0.6 is 0 Å². The maximum atomic E-state index is 2.44. The van der Waals surface area contributed by atoms with Crippen molar-refractivity contribution in [1.82, 2.24) is 0 Å². The van der Waals surface area contributed by atoms with Gasteiger partial charge < -0.3 is 0 Å². The molecule has 0 saturated carbocycles. The largest absolute Gasteiger partial charge is 0.0620 e. The topological polar surface area (TPSA) is 0 Å². The van der Waals surface area contributed by atoms with E-state index in [1.807, 2.05) is 0 Å². The monoisotopic (exact) mass is 312 g/mol. The zero-order chi connectivity index (χ0) is 16.9. The summed E-state index contributed by atoms with van der Waals surface area (Å²) in [5, 5.41) is 0. The molecule has 4 rings (SSSR count). The molecule has 120 valence electrons. The van der Waals surface area contributed by atoms with Crippen molar-refractivity contribution in [3.05, 3.63) is 82.9 Å². The van der Waals surface area contributed by atoms with E-state index in [0.29, 0.717) is 0 Å². The predicted octanol–water partition coefficient (Wildman–Crippen LogP) is 6.53.